The first-order valence-corrected chi connectivity index (χ1v) is 17.5. The second-order valence-electron chi connectivity index (χ2n) is 16.3. The molecule has 4 aliphatic carbocycles. The highest BCUT2D eigenvalue weighted by Gasteiger charge is 2.90. The maximum atomic E-state index is 14.1. The van der Waals surface area contributed by atoms with Gasteiger partial charge >= 0.3 is 29.8 Å². The number of cyclic esters (lactones) is 1. The first-order chi connectivity index (χ1) is 24.1. The lowest BCUT2D eigenvalue weighted by molar-refractivity contribution is -0.316. The van der Waals surface area contributed by atoms with Gasteiger partial charge in [0, 0.05) is 40.7 Å². The van der Waals surface area contributed by atoms with Gasteiger partial charge in [0.05, 0.1) is 19.6 Å². The van der Waals surface area contributed by atoms with Crippen molar-refractivity contribution >= 4 is 29.8 Å². The topological polar surface area (TPSA) is 205 Å². The summed E-state index contributed by atoms with van der Waals surface area (Å²) in [5, 5.41) is 37.1. The van der Waals surface area contributed by atoms with E-state index in [4.69, 9.17) is 28.1 Å². The molecule has 3 N–H and O–H groups in total. The van der Waals surface area contributed by atoms with Crippen molar-refractivity contribution in [1.82, 2.24) is 0 Å². The quantitative estimate of drug-likeness (QED) is 0.152. The smallest absolute Gasteiger partial charge is 0.352 e. The Kier molecular flexibility index (Phi) is 8.71. The van der Waals surface area contributed by atoms with Crippen molar-refractivity contribution in [2.24, 2.45) is 28.1 Å². The molecule has 0 amide bonds. The Morgan fingerprint density at radius 1 is 1.08 bits per heavy atom. The molecule has 2 heterocycles. The zero-order chi connectivity index (χ0) is 38.6. The summed E-state index contributed by atoms with van der Waals surface area (Å²) in [6.45, 7) is 11.9. The van der Waals surface area contributed by atoms with Crippen LogP contribution in [0, 0.1) is 28.1 Å². The van der Waals surface area contributed by atoms with Crippen molar-refractivity contribution in [2.45, 2.75) is 122 Å². The summed E-state index contributed by atoms with van der Waals surface area (Å²) in [5.74, 6) is -5.98. The molecule has 1 aliphatic heterocycles. The Bertz CT molecular complexity index is 1770. The minimum Gasteiger partial charge on any atom is -0.472 e. The molecule has 14 heteroatoms. The van der Waals surface area contributed by atoms with Gasteiger partial charge in [-0.05, 0) is 76.0 Å². The number of allylic oxidation sites excluding steroid dienone is 1. The largest absolute Gasteiger partial charge is 0.472 e. The number of ether oxygens (including phenoxy) is 5. The number of hydrogen-bond acceptors (Lipinski definition) is 14. The van der Waals surface area contributed by atoms with Crippen molar-refractivity contribution < 1.29 is 67.4 Å². The Labute approximate surface area is 301 Å². The standard InChI is InChI=1S/C38H48O14/c1-10-18(2)29(41)52-31-35(7)17-37(45)36(8,22(35)15-23(40)47-9)21-11-13-34(6)25(24(21)28(38(31,37)46)49-19(3)39)26(50-32(43)33(4,5)44)30(42)51-27(34)20-12-14-48-16-20/h10,12,14,16,21-22,26-28,31,44-46H,11,13,15,17H2,1-9H3/b18-10+/t21-,22-,26+,27-,28-,31-,34+,35-,36+,37+,38+/m0/s1. The van der Waals surface area contributed by atoms with E-state index in [1.807, 2.05) is 0 Å². The van der Waals surface area contributed by atoms with Crippen LogP contribution in [0.3, 0.4) is 0 Å². The predicted octanol–water partition coefficient (Wildman–Crippen LogP) is 3.17. The molecule has 1 aromatic heterocycles. The van der Waals surface area contributed by atoms with Gasteiger partial charge < -0.3 is 43.4 Å². The van der Waals surface area contributed by atoms with Gasteiger partial charge in [-0.15, -0.1) is 0 Å². The van der Waals surface area contributed by atoms with Gasteiger partial charge in [0.2, 0.25) is 6.10 Å². The fourth-order valence-corrected chi connectivity index (χ4v) is 10.7. The van der Waals surface area contributed by atoms with Crippen LogP contribution < -0.4 is 0 Å². The first kappa shape index (κ1) is 37.7. The van der Waals surface area contributed by atoms with Gasteiger partial charge in [-0.3, -0.25) is 9.59 Å². The molecular weight excluding hydrogens is 680 g/mol. The van der Waals surface area contributed by atoms with Crippen molar-refractivity contribution in [2.75, 3.05) is 7.11 Å². The third kappa shape index (κ3) is 4.82. The Morgan fingerprint density at radius 2 is 1.75 bits per heavy atom. The summed E-state index contributed by atoms with van der Waals surface area (Å²) in [5.41, 5.74) is -9.57. The van der Waals surface area contributed by atoms with Crippen LogP contribution >= 0.6 is 0 Å². The van der Waals surface area contributed by atoms with Crippen LogP contribution in [0.2, 0.25) is 0 Å². The molecule has 11 atom stereocenters. The molecule has 1 saturated heterocycles. The zero-order valence-corrected chi connectivity index (χ0v) is 30.9. The van der Waals surface area contributed by atoms with E-state index in [1.54, 1.807) is 33.8 Å². The summed E-state index contributed by atoms with van der Waals surface area (Å²) in [6, 6.07) is 1.62. The van der Waals surface area contributed by atoms with Crippen molar-refractivity contribution in [1.29, 1.82) is 0 Å². The van der Waals surface area contributed by atoms with Crippen LogP contribution in [-0.4, -0.2) is 87.4 Å². The Balaban J connectivity index is 1.71. The lowest BCUT2D eigenvalue weighted by Crippen LogP contribution is -2.80. The Morgan fingerprint density at radius 3 is 2.31 bits per heavy atom. The normalized spacial score (nSPS) is 40.7. The maximum Gasteiger partial charge on any atom is 0.352 e. The highest BCUT2D eigenvalue weighted by molar-refractivity contribution is 5.88. The molecule has 0 aromatic carbocycles. The van der Waals surface area contributed by atoms with E-state index >= 15 is 0 Å². The van der Waals surface area contributed by atoms with Crippen LogP contribution in [0.1, 0.15) is 92.7 Å². The molecule has 4 fully saturated rings. The summed E-state index contributed by atoms with van der Waals surface area (Å²) in [4.78, 5) is 67.3. The maximum absolute atomic E-state index is 14.1. The second-order valence-corrected chi connectivity index (χ2v) is 16.3. The summed E-state index contributed by atoms with van der Waals surface area (Å²) in [6.07, 6.45) is -1.58. The fourth-order valence-electron chi connectivity index (χ4n) is 10.7. The van der Waals surface area contributed by atoms with Gasteiger partial charge in [0.25, 0.3) is 0 Å². The fraction of sp³-hybridized carbons (Fsp3) is 0.658. The van der Waals surface area contributed by atoms with E-state index in [0.717, 1.165) is 6.92 Å². The molecule has 14 nitrogen and oxygen atoms in total. The number of rotatable bonds is 8. The number of furan rings is 1. The molecule has 3 saturated carbocycles. The number of carbonyl (C=O) groups excluding carboxylic acids is 5. The van der Waals surface area contributed by atoms with E-state index in [9.17, 15) is 39.3 Å². The SMILES string of the molecule is C/C=C(\C)C(=O)O[C@H]1[C@@]2(C)C[C@@]3(O)[C@](C)([C@H]4CC[C@]5(C)C(=C4[C@H](OC(C)=O)[C@@]13O)[C@@H](OC(=O)C(C)(C)O)C(=O)O[C@H]5c1ccoc1)[C@H]2CC(=O)OC. The molecule has 1 aromatic rings. The van der Waals surface area contributed by atoms with Crippen LogP contribution in [0.15, 0.2) is 45.8 Å². The highest BCUT2D eigenvalue weighted by Crippen LogP contribution is 2.81. The monoisotopic (exact) mass is 728 g/mol. The Hall–Kier alpha value is -4.01. The second kappa shape index (κ2) is 12.0. The molecule has 0 radical (unpaired) electrons. The van der Waals surface area contributed by atoms with E-state index in [0.29, 0.717) is 5.56 Å². The molecule has 0 unspecified atom stereocenters. The minimum absolute atomic E-state index is 0.146. The average molecular weight is 729 g/mol. The van der Waals surface area contributed by atoms with E-state index in [-0.39, 0.29) is 42.4 Å². The van der Waals surface area contributed by atoms with Crippen molar-refractivity contribution in [3.05, 3.63) is 47.0 Å². The number of methoxy groups -OCH3 is 1. The molecule has 6 rings (SSSR count). The third-order valence-corrected chi connectivity index (χ3v) is 13.1. The van der Waals surface area contributed by atoms with Gasteiger partial charge in [-0.1, -0.05) is 26.8 Å². The zero-order valence-electron chi connectivity index (χ0n) is 30.9. The lowest BCUT2D eigenvalue weighted by atomic mass is 9.40. The number of fused-ring (bicyclic) bond motifs is 4. The highest BCUT2D eigenvalue weighted by atomic mass is 16.6. The van der Waals surface area contributed by atoms with Crippen LogP contribution in [-0.2, 0) is 47.7 Å². The predicted molar refractivity (Wildman–Crippen MR) is 177 cm³/mol. The molecule has 284 valence electrons. The van der Waals surface area contributed by atoms with E-state index in [1.165, 1.54) is 46.5 Å². The van der Waals surface area contributed by atoms with Gasteiger partial charge in [-0.25, -0.2) is 14.4 Å². The molecular formula is C38H48O14. The summed E-state index contributed by atoms with van der Waals surface area (Å²) < 4.78 is 34.4. The summed E-state index contributed by atoms with van der Waals surface area (Å²) in [7, 11) is 1.24. The molecule has 2 bridgehead atoms. The van der Waals surface area contributed by atoms with Crippen molar-refractivity contribution in [3.63, 3.8) is 0 Å². The number of aliphatic hydroxyl groups is 3. The number of esters is 5. The van der Waals surface area contributed by atoms with Crippen LogP contribution in [0.25, 0.3) is 0 Å². The van der Waals surface area contributed by atoms with Crippen LogP contribution in [0.4, 0.5) is 0 Å². The van der Waals surface area contributed by atoms with Crippen molar-refractivity contribution in [3.8, 4) is 0 Å². The van der Waals surface area contributed by atoms with Gasteiger partial charge in [-0.2, -0.15) is 0 Å². The first-order valence-electron chi connectivity index (χ1n) is 17.5. The van der Waals surface area contributed by atoms with E-state index in [2.05, 4.69) is 0 Å². The number of carbonyl (C=O) groups is 5. The molecule has 5 aliphatic rings. The molecule has 52 heavy (non-hydrogen) atoms. The summed E-state index contributed by atoms with van der Waals surface area (Å²) >= 11 is 0. The van der Waals surface area contributed by atoms with Gasteiger partial charge in [0.15, 0.2) is 17.3 Å². The average Bonchev–Trinajstić information content (AvgIpc) is 3.71. The van der Waals surface area contributed by atoms with Crippen LogP contribution in [0.5, 0.6) is 0 Å². The lowest BCUT2D eigenvalue weighted by Gasteiger charge is -2.68. The minimum atomic E-state index is -2.55. The van der Waals surface area contributed by atoms with E-state index < -0.39 is 99.1 Å². The number of hydrogen-bond donors (Lipinski definition) is 3. The molecule has 0 spiro atoms. The third-order valence-electron chi connectivity index (χ3n) is 13.1. The van der Waals surface area contributed by atoms with Gasteiger partial charge in [0.1, 0.15) is 17.8 Å².